The minimum atomic E-state index is -0.506. The van der Waals surface area contributed by atoms with Crippen LogP contribution in [0.25, 0.3) is 0 Å². The van der Waals surface area contributed by atoms with E-state index in [0.29, 0.717) is 119 Å². The monoisotopic (exact) mass is 752 g/mol. The SMILES string of the molecule is CCCCCCCCCCCCCCCCOCCOCCOCCOCCOCCOCCOCCOCCOCCN(C)C(=O)OC(C)(C)C. The second-order valence-corrected chi connectivity index (χ2v) is 14.0. The predicted octanol–water partition coefficient (Wildman–Crippen LogP) is 7.48. The van der Waals surface area contributed by atoms with Gasteiger partial charge in [0.2, 0.25) is 0 Å². The molecule has 0 atom stereocenters. The lowest BCUT2D eigenvalue weighted by atomic mass is 10.0. The Labute approximate surface area is 318 Å². The lowest BCUT2D eigenvalue weighted by molar-refractivity contribution is -0.0254. The van der Waals surface area contributed by atoms with E-state index in [0.717, 1.165) is 13.0 Å². The van der Waals surface area contributed by atoms with E-state index in [1.54, 1.807) is 7.05 Å². The molecule has 1 amide bonds. The minimum absolute atomic E-state index is 0.359. The number of hydrogen-bond acceptors (Lipinski definition) is 11. The van der Waals surface area contributed by atoms with Crippen molar-refractivity contribution in [3.63, 3.8) is 0 Å². The highest BCUT2D eigenvalue weighted by Crippen LogP contribution is 2.13. The van der Waals surface area contributed by atoms with Crippen molar-refractivity contribution in [1.82, 2.24) is 4.90 Å². The first-order valence-corrected chi connectivity index (χ1v) is 20.5. The number of likely N-dealkylation sites (N-methyl/N-ethyl adjacent to an activating group) is 1. The zero-order chi connectivity index (χ0) is 38.1. The molecule has 0 aromatic carbocycles. The Morgan fingerprint density at radius 2 is 0.635 bits per heavy atom. The molecule has 0 aliphatic carbocycles. The van der Waals surface area contributed by atoms with Crippen molar-refractivity contribution in [3.05, 3.63) is 0 Å². The van der Waals surface area contributed by atoms with Gasteiger partial charge in [-0.25, -0.2) is 4.79 Å². The number of unbranched alkanes of at least 4 members (excludes halogenated alkanes) is 13. The molecule has 0 saturated carbocycles. The summed E-state index contributed by atoms with van der Waals surface area (Å²) in [6.45, 7) is 17.9. The van der Waals surface area contributed by atoms with Gasteiger partial charge in [0.05, 0.1) is 112 Å². The molecule has 12 nitrogen and oxygen atoms in total. The van der Waals surface area contributed by atoms with Gasteiger partial charge >= 0.3 is 6.09 Å². The quantitative estimate of drug-likeness (QED) is 0.0579. The van der Waals surface area contributed by atoms with Gasteiger partial charge in [0.25, 0.3) is 0 Å². The first-order valence-electron chi connectivity index (χ1n) is 20.5. The van der Waals surface area contributed by atoms with Crippen LogP contribution in [-0.4, -0.2) is 149 Å². The van der Waals surface area contributed by atoms with Crippen LogP contribution >= 0.6 is 0 Å². The first-order chi connectivity index (χ1) is 25.4. The average Bonchev–Trinajstić information content (AvgIpc) is 3.11. The van der Waals surface area contributed by atoms with Gasteiger partial charge in [-0.1, -0.05) is 90.4 Å². The maximum Gasteiger partial charge on any atom is 0.410 e. The van der Waals surface area contributed by atoms with Crippen LogP contribution in [-0.2, 0) is 47.4 Å². The Balaban J connectivity index is 3.13. The summed E-state index contributed by atoms with van der Waals surface area (Å²) in [5, 5.41) is 0. The van der Waals surface area contributed by atoms with Crippen LogP contribution < -0.4 is 0 Å². The van der Waals surface area contributed by atoms with E-state index in [1.165, 1.54) is 88.4 Å². The fraction of sp³-hybridized carbons (Fsp3) is 0.975. The molecule has 0 aliphatic heterocycles. The summed E-state index contributed by atoms with van der Waals surface area (Å²) >= 11 is 0. The molecule has 0 bridgehead atoms. The number of nitrogens with zero attached hydrogens (tertiary/aromatic N) is 1. The van der Waals surface area contributed by atoms with E-state index in [9.17, 15) is 4.79 Å². The van der Waals surface area contributed by atoms with Gasteiger partial charge in [-0.2, -0.15) is 0 Å². The molecular weight excluding hydrogens is 670 g/mol. The topological polar surface area (TPSA) is 113 Å². The van der Waals surface area contributed by atoms with Gasteiger partial charge in [-0.05, 0) is 27.2 Å². The van der Waals surface area contributed by atoms with Crippen molar-refractivity contribution in [2.75, 3.05) is 133 Å². The van der Waals surface area contributed by atoms with E-state index < -0.39 is 5.60 Å². The van der Waals surface area contributed by atoms with E-state index >= 15 is 0 Å². The zero-order valence-corrected chi connectivity index (χ0v) is 34.3. The molecule has 0 saturated heterocycles. The van der Waals surface area contributed by atoms with Crippen LogP contribution in [0.3, 0.4) is 0 Å². The van der Waals surface area contributed by atoms with Crippen LogP contribution in [0.4, 0.5) is 4.79 Å². The third-order valence-corrected chi connectivity index (χ3v) is 7.89. The molecule has 0 heterocycles. The number of ether oxygens (including phenoxy) is 10. The van der Waals surface area contributed by atoms with E-state index in [1.807, 2.05) is 20.8 Å². The molecule has 0 N–H and O–H groups in total. The zero-order valence-electron chi connectivity index (χ0n) is 34.3. The van der Waals surface area contributed by atoms with Crippen LogP contribution in [0.2, 0.25) is 0 Å². The summed E-state index contributed by atoms with van der Waals surface area (Å²) in [7, 11) is 1.69. The maximum absolute atomic E-state index is 11.9. The van der Waals surface area contributed by atoms with Crippen molar-refractivity contribution >= 4 is 6.09 Å². The van der Waals surface area contributed by atoms with Gasteiger partial charge in [0, 0.05) is 20.2 Å². The molecule has 0 radical (unpaired) electrons. The summed E-state index contributed by atoms with van der Waals surface area (Å²) in [6, 6.07) is 0. The van der Waals surface area contributed by atoms with Crippen LogP contribution in [0, 0.1) is 0 Å². The Bertz CT molecular complexity index is 712. The largest absolute Gasteiger partial charge is 0.444 e. The van der Waals surface area contributed by atoms with E-state index in [-0.39, 0.29) is 6.09 Å². The molecule has 312 valence electrons. The molecule has 0 rings (SSSR count). The normalized spacial score (nSPS) is 11.8. The van der Waals surface area contributed by atoms with Gasteiger partial charge < -0.3 is 52.3 Å². The van der Waals surface area contributed by atoms with Crippen molar-refractivity contribution in [2.45, 2.75) is 123 Å². The van der Waals surface area contributed by atoms with Crippen molar-refractivity contribution in [1.29, 1.82) is 0 Å². The average molecular weight is 752 g/mol. The molecule has 0 aromatic heterocycles. The minimum Gasteiger partial charge on any atom is -0.444 e. The molecule has 0 fully saturated rings. The molecule has 0 aromatic rings. The smallest absolute Gasteiger partial charge is 0.410 e. The molecule has 52 heavy (non-hydrogen) atoms. The fourth-order valence-corrected chi connectivity index (χ4v) is 4.89. The summed E-state index contributed by atoms with van der Waals surface area (Å²) in [6.07, 6.45) is 18.9. The van der Waals surface area contributed by atoms with Gasteiger partial charge in [0.15, 0.2) is 0 Å². The number of carbonyl (C=O) groups is 1. The van der Waals surface area contributed by atoms with E-state index in [4.69, 9.17) is 47.4 Å². The lowest BCUT2D eigenvalue weighted by Crippen LogP contribution is -2.36. The van der Waals surface area contributed by atoms with Gasteiger partial charge in [0.1, 0.15) is 5.60 Å². The third-order valence-electron chi connectivity index (χ3n) is 7.89. The first kappa shape index (κ1) is 50.9. The van der Waals surface area contributed by atoms with Gasteiger partial charge in [-0.3, -0.25) is 0 Å². The second kappa shape index (κ2) is 41.1. The maximum atomic E-state index is 11.9. The molecular formula is C40H81NO11. The Kier molecular flexibility index (Phi) is 40.2. The number of rotatable bonds is 42. The Hall–Kier alpha value is -1.09. The van der Waals surface area contributed by atoms with Crippen molar-refractivity contribution in [2.24, 2.45) is 0 Å². The Morgan fingerprint density at radius 3 is 0.923 bits per heavy atom. The molecule has 12 heteroatoms. The van der Waals surface area contributed by atoms with Crippen molar-refractivity contribution < 1.29 is 52.2 Å². The molecule has 0 unspecified atom stereocenters. The summed E-state index contributed by atoms with van der Waals surface area (Å²) < 4.78 is 55.1. The summed E-state index contributed by atoms with van der Waals surface area (Å²) in [4.78, 5) is 13.4. The van der Waals surface area contributed by atoms with Crippen LogP contribution in [0.5, 0.6) is 0 Å². The van der Waals surface area contributed by atoms with Gasteiger partial charge in [-0.15, -0.1) is 0 Å². The summed E-state index contributed by atoms with van der Waals surface area (Å²) in [5.74, 6) is 0. The standard InChI is InChI=1S/C40H81NO11/c1-6-7-8-9-10-11-12-13-14-15-16-17-18-19-21-43-23-25-45-27-29-47-31-33-49-35-37-51-38-36-50-34-32-48-30-28-46-26-24-44-22-20-41(5)39(42)52-40(2,3)4/h6-38H2,1-5H3. The van der Waals surface area contributed by atoms with E-state index in [2.05, 4.69) is 6.92 Å². The fourth-order valence-electron chi connectivity index (χ4n) is 4.89. The predicted molar refractivity (Wildman–Crippen MR) is 207 cm³/mol. The summed E-state index contributed by atoms with van der Waals surface area (Å²) in [5.41, 5.74) is -0.506. The number of carbonyl (C=O) groups excluding carboxylic acids is 1. The molecule has 0 aliphatic rings. The molecule has 0 spiro atoms. The van der Waals surface area contributed by atoms with Crippen LogP contribution in [0.15, 0.2) is 0 Å². The number of hydrogen-bond donors (Lipinski definition) is 0. The number of amides is 1. The highest BCUT2D eigenvalue weighted by atomic mass is 16.6. The third kappa shape index (κ3) is 43.3. The Morgan fingerprint density at radius 1 is 0.385 bits per heavy atom. The highest BCUT2D eigenvalue weighted by Gasteiger charge is 2.19. The van der Waals surface area contributed by atoms with Crippen LogP contribution in [0.1, 0.15) is 118 Å². The lowest BCUT2D eigenvalue weighted by Gasteiger charge is -2.24. The highest BCUT2D eigenvalue weighted by molar-refractivity contribution is 5.67. The second-order valence-electron chi connectivity index (χ2n) is 14.0. The van der Waals surface area contributed by atoms with Crippen molar-refractivity contribution in [3.8, 4) is 0 Å².